The highest BCUT2D eigenvalue weighted by Gasteiger charge is 2.32. The van der Waals surface area contributed by atoms with E-state index in [1.54, 1.807) is 19.2 Å². The van der Waals surface area contributed by atoms with Crippen molar-refractivity contribution in [2.24, 2.45) is 0 Å². The maximum absolute atomic E-state index is 12.8. The molecule has 0 spiro atoms. The van der Waals surface area contributed by atoms with E-state index in [1.165, 1.54) is 16.4 Å². The second kappa shape index (κ2) is 7.01. The summed E-state index contributed by atoms with van der Waals surface area (Å²) in [5.74, 6) is 1.40. The Hall–Kier alpha value is -1.12. The van der Waals surface area contributed by atoms with Gasteiger partial charge in [-0.1, -0.05) is 29.3 Å². The fourth-order valence-corrected chi connectivity index (χ4v) is 5.20. The Balaban J connectivity index is 1.69. The number of piperazine rings is 1. The largest absolute Gasteiger partial charge is 0.445 e. The molecule has 2 heterocycles. The van der Waals surface area contributed by atoms with Gasteiger partial charge in [0.05, 0.1) is 22.8 Å². The fourth-order valence-electron chi connectivity index (χ4n) is 2.68. The van der Waals surface area contributed by atoms with Crippen LogP contribution in [-0.2, 0) is 16.6 Å². The van der Waals surface area contributed by atoms with Gasteiger partial charge in [-0.25, -0.2) is 13.4 Å². The first-order valence-corrected chi connectivity index (χ1v) is 9.65. The number of aromatic nitrogens is 1. The lowest BCUT2D eigenvalue weighted by Crippen LogP contribution is -2.48. The van der Waals surface area contributed by atoms with E-state index in [9.17, 15) is 8.42 Å². The van der Waals surface area contributed by atoms with Crippen molar-refractivity contribution in [1.29, 1.82) is 0 Å². The zero-order valence-corrected chi connectivity index (χ0v) is 15.4. The van der Waals surface area contributed by atoms with Crippen LogP contribution in [0.2, 0.25) is 10.0 Å². The number of hydrogen-bond acceptors (Lipinski definition) is 5. The molecule has 0 aliphatic carbocycles. The Morgan fingerprint density at radius 2 is 1.79 bits per heavy atom. The van der Waals surface area contributed by atoms with Crippen LogP contribution in [0.4, 0.5) is 0 Å². The van der Waals surface area contributed by atoms with Crippen molar-refractivity contribution in [3.05, 3.63) is 46.1 Å². The number of oxazole rings is 1. The quantitative estimate of drug-likeness (QED) is 0.803. The number of aryl methyl sites for hydroxylation is 1. The predicted molar refractivity (Wildman–Crippen MR) is 91.7 cm³/mol. The third-order valence-corrected chi connectivity index (χ3v) is 6.75. The molecule has 130 valence electrons. The molecule has 0 bridgehead atoms. The number of rotatable bonds is 4. The number of hydrogen-bond donors (Lipinski definition) is 0. The summed E-state index contributed by atoms with van der Waals surface area (Å²) in [7, 11) is -3.71. The van der Waals surface area contributed by atoms with Crippen molar-refractivity contribution in [2.45, 2.75) is 18.4 Å². The molecule has 24 heavy (non-hydrogen) atoms. The average molecular weight is 390 g/mol. The maximum Gasteiger partial charge on any atom is 0.246 e. The SMILES string of the molecule is Cc1ncc(CN2CCN(S(=O)(=O)c3c(Cl)cccc3Cl)CC2)o1. The monoisotopic (exact) mass is 389 g/mol. The number of halogens is 2. The van der Waals surface area contributed by atoms with Gasteiger partial charge in [0.2, 0.25) is 10.0 Å². The summed E-state index contributed by atoms with van der Waals surface area (Å²) >= 11 is 12.1. The zero-order chi connectivity index (χ0) is 17.3. The molecule has 1 aliphatic heterocycles. The summed E-state index contributed by atoms with van der Waals surface area (Å²) < 4.78 is 32.5. The molecule has 6 nitrogen and oxygen atoms in total. The van der Waals surface area contributed by atoms with E-state index in [1.807, 2.05) is 0 Å². The van der Waals surface area contributed by atoms with Gasteiger partial charge in [0.25, 0.3) is 0 Å². The summed E-state index contributed by atoms with van der Waals surface area (Å²) in [6.45, 7) is 4.35. The molecule has 0 atom stereocenters. The third-order valence-electron chi connectivity index (χ3n) is 3.90. The van der Waals surface area contributed by atoms with E-state index in [0.29, 0.717) is 38.6 Å². The van der Waals surface area contributed by atoms with Crippen molar-refractivity contribution < 1.29 is 12.8 Å². The average Bonchev–Trinajstić information content (AvgIpc) is 2.92. The van der Waals surface area contributed by atoms with Gasteiger partial charge in [-0.2, -0.15) is 4.31 Å². The molecule has 0 unspecified atom stereocenters. The van der Waals surface area contributed by atoms with E-state index in [-0.39, 0.29) is 14.9 Å². The minimum atomic E-state index is -3.71. The van der Waals surface area contributed by atoms with Crippen molar-refractivity contribution in [2.75, 3.05) is 26.2 Å². The molecule has 0 radical (unpaired) electrons. The molecule has 1 saturated heterocycles. The molecule has 1 aliphatic rings. The molecule has 1 aromatic carbocycles. The summed E-state index contributed by atoms with van der Waals surface area (Å²) in [6.07, 6.45) is 1.70. The molecule has 0 N–H and O–H groups in total. The van der Waals surface area contributed by atoms with E-state index in [4.69, 9.17) is 27.6 Å². The Morgan fingerprint density at radius 3 is 2.33 bits per heavy atom. The molecular formula is C15H17Cl2N3O3S. The topological polar surface area (TPSA) is 66.7 Å². The van der Waals surface area contributed by atoms with E-state index >= 15 is 0 Å². The lowest BCUT2D eigenvalue weighted by molar-refractivity contribution is 0.170. The van der Waals surface area contributed by atoms with Crippen molar-refractivity contribution in [3.63, 3.8) is 0 Å². The maximum atomic E-state index is 12.8. The van der Waals surface area contributed by atoms with Crippen LogP contribution in [-0.4, -0.2) is 48.8 Å². The summed E-state index contributed by atoms with van der Waals surface area (Å²) in [6, 6.07) is 4.69. The van der Waals surface area contributed by atoms with Gasteiger partial charge in [-0.3, -0.25) is 4.90 Å². The van der Waals surface area contributed by atoms with Gasteiger partial charge < -0.3 is 4.42 Å². The Labute approximate surface area is 151 Å². The van der Waals surface area contributed by atoms with Crippen LogP contribution in [0.1, 0.15) is 11.7 Å². The van der Waals surface area contributed by atoms with Crippen LogP contribution in [0.25, 0.3) is 0 Å². The Kier molecular flexibility index (Phi) is 5.17. The molecule has 0 saturated carbocycles. The van der Waals surface area contributed by atoms with Crippen LogP contribution in [0.3, 0.4) is 0 Å². The number of sulfonamides is 1. The van der Waals surface area contributed by atoms with Gasteiger partial charge in [-0.05, 0) is 12.1 Å². The third kappa shape index (κ3) is 3.60. The lowest BCUT2D eigenvalue weighted by Gasteiger charge is -2.33. The van der Waals surface area contributed by atoms with Gasteiger partial charge in [-0.15, -0.1) is 0 Å². The smallest absolute Gasteiger partial charge is 0.246 e. The molecule has 2 aromatic rings. The van der Waals surface area contributed by atoms with E-state index < -0.39 is 10.0 Å². The first-order valence-electron chi connectivity index (χ1n) is 7.46. The zero-order valence-electron chi connectivity index (χ0n) is 13.1. The minimum absolute atomic E-state index is 0.0207. The molecule has 1 aromatic heterocycles. The van der Waals surface area contributed by atoms with Gasteiger partial charge in [0, 0.05) is 33.1 Å². The molecule has 1 fully saturated rings. The Bertz CT molecular complexity index is 810. The first kappa shape index (κ1) is 17.7. The molecule has 9 heteroatoms. The molecule has 3 rings (SSSR count). The van der Waals surface area contributed by atoms with Crippen molar-refractivity contribution in [1.82, 2.24) is 14.2 Å². The fraction of sp³-hybridized carbons (Fsp3) is 0.400. The highest BCUT2D eigenvalue weighted by atomic mass is 35.5. The highest BCUT2D eigenvalue weighted by molar-refractivity contribution is 7.89. The van der Waals surface area contributed by atoms with Crippen LogP contribution in [0, 0.1) is 6.92 Å². The van der Waals surface area contributed by atoms with Crippen molar-refractivity contribution >= 4 is 33.2 Å². The summed E-state index contributed by atoms with van der Waals surface area (Å²) in [5, 5.41) is 0.282. The minimum Gasteiger partial charge on any atom is -0.445 e. The van der Waals surface area contributed by atoms with Crippen LogP contribution >= 0.6 is 23.2 Å². The Morgan fingerprint density at radius 1 is 1.17 bits per heavy atom. The first-order chi connectivity index (χ1) is 11.4. The lowest BCUT2D eigenvalue weighted by atomic mass is 10.3. The number of benzene rings is 1. The van der Waals surface area contributed by atoms with E-state index in [2.05, 4.69) is 9.88 Å². The van der Waals surface area contributed by atoms with Crippen LogP contribution in [0.5, 0.6) is 0 Å². The van der Waals surface area contributed by atoms with Gasteiger partial charge in [0.15, 0.2) is 5.89 Å². The standard InChI is InChI=1S/C15H17Cl2N3O3S/c1-11-18-9-12(23-11)10-19-5-7-20(8-6-19)24(21,22)15-13(16)3-2-4-14(15)17/h2-4,9H,5-8,10H2,1H3. The predicted octanol–water partition coefficient (Wildman–Crippen LogP) is 2.80. The highest BCUT2D eigenvalue weighted by Crippen LogP contribution is 2.31. The van der Waals surface area contributed by atoms with Crippen molar-refractivity contribution in [3.8, 4) is 0 Å². The van der Waals surface area contributed by atoms with Gasteiger partial charge >= 0.3 is 0 Å². The van der Waals surface area contributed by atoms with E-state index in [0.717, 1.165) is 5.76 Å². The molecule has 0 amide bonds. The summed E-state index contributed by atoms with van der Waals surface area (Å²) in [5.41, 5.74) is 0. The second-order valence-electron chi connectivity index (χ2n) is 5.58. The number of nitrogens with zero attached hydrogens (tertiary/aromatic N) is 3. The second-order valence-corrected chi connectivity index (χ2v) is 8.27. The molecular weight excluding hydrogens is 373 g/mol. The van der Waals surface area contributed by atoms with Crippen LogP contribution < -0.4 is 0 Å². The van der Waals surface area contributed by atoms with Crippen LogP contribution in [0.15, 0.2) is 33.7 Å². The van der Waals surface area contributed by atoms with Gasteiger partial charge in [0.1, 0.15) is 10.7 Å². The normalized spacial score (nSPS) is 17.3. The summed E-state index contributed by atoms with van der Waals surface area (Å²) in [4.78, 5) is 6.17.